The summed E-state index contributed by atoms with van der Waals surface area (Å²) < 4.78 is 7.93. The molecule has 1 aliphatic heterocycles. The van der Waals surface area contributed by atoms with Crippen LogP contribution in [0.3, 0.4) is 0 Å². The first-order valence-electron chi connectivity index (χ1n) is 6.66. The highest BCUT2D eigenvalue weighted by atomic mass is 16.5. The molecule has 1 aliphatic rings. The van der Waals surface area contributed by atoms with Crippen molar-refractivity contribution < 1.29 is 9.53 Å². The van der Waals surface area contributed by atoms with Crippen LogP contribution in [0.25, 0.3) is 0 Å². The smallest absolute Gasteiger partial charge is 0.236 e. The fraction of sp³-hybridized carbons (Fsp3) is 0.571. The molecule has 1 amide bonds. The number of hydrazone groups is 1. The Morgan fingerprint density at radius 1 is 1.63 bits per heavy atom. The summed E-state index contributed by atoms with van der Waals surface area (Å²) in [5.41, 5.74) is 5.80. The van der Waals surface area contributed by atoms with Gasteiger partial charge in [0.2, 0.25) is 5.91 Å². The van der Waals surface area contributed by atoms with Gasteiger partial charge in [0, 0.05) is 37.0 Å². The molecule has 0 saturated carbocycles. The summed E-state index contributed by atoms with van der Waals surface area (Å²) in [6.45, 7) is 7.36. The van der Waals surface area contributed by atoms with E-state index in [-0.39, 0.29) is 5.91 Å². The molecule has 0 radical (unpaired) electrons. The van der Waals surface area contributed by atoms with Crippen molar-refractivity contribution in [2.24, 2.45) is 5.10 Å². The number of nitrogens with zero attached hydrogens (tertiary/aromatic N) is 2. The Labute approximate surface area is 113 Å². The monoisotopic (exact) mass is 263 g/mol. The molecule has 0 aliphatic carbocycles. The number of ether oxygens (including phenoxy) is 1. The van der Waals surface area contributed by atoms with Gasteiger partial charge in [-0.05, 0) is 32.8 Å². The SMILES string of the molecule is CC(=O)N/N=C\c1cc(C)n(C[C@H]2CCCO2)c1C. The van der Waals surface area contributed by atoms with Gasteiger partial charge in [-0.3, -0.25) is 4.79 Å². The minimum atomic E-state index is -0.163. The molecule has 5 heteroatoms. The molecule has 5 nitrogen and oxygen atoms in total. The Bertz CT molecular complexity index is 485. The van der Waals surface area contributed by atoms with E-state index >= 15 is 0 Å². The molecule has 0 spiro atoms. The molecular formula is C14H21N3O2. The fourth-order valence-corrected chi connectivity index (χ4v) is 2.42. The minimum Gasteiger partial charge on any atom is -0.376 e. The van der Waals surface area contributed by atoms with E-state index in [2.05, 4.69) is 35.0 Å². The second kappa shape index (κ2) is 6.02. The second-order valence-corrected chi connectivity index (χ2v) is 5.00. The van der Waals surface area contributed by atoms with Gasteiger partial charge in [0.1, 0.15) is 0 Å². The number of rotatable bonds is 4. The van der Waals surface area contributed by atoms with Crippen LogP contribution in [0.15, 0.2) is 11.2 Å². The van der Waals surface area contributed by atoms with E-state index in [0.717, 1.165) is 37.3 Å². The molecule has 1 aromatic heterocycles. The maximum absolute atomic E-state index is 10.8. The van der Waals surface area contributed by atoms with E-state index in [1.54, 1.807) is 6.21 Å². The number of hydrogen-bond donors (Lipinski definition) is 1. The number of carbonyl (C=O) groups is 1. The van der Waals surface area contributed by atoms with Crippen molar-refractivity contribution >= 4 is 12.1 Å². The van der Waals surface area contributed by atoms with E-state index in [9.17, 15) is 4.79 Å². The van der Waals surface area contributed by atoms with Crippen molar-refractivity contribution in [3.63, 3.8) is 0 Å². The minimum absolute atomic E-state index is 0.163. The summed E-state index contributed by atoms with van der Waals surface area (Å²) in [4.78, 5) is 10.8. The predicted octanol–water partition coefficient (Wildman–Crippen LogP) is 1.75. The molecule has 1 fully saturated rings. The largest absolute Gasteiger partial charge is 0.376 e. The number of nitrogens with one attached hydrogen (secondary N) is 1. The fourth-order valence-electron chi connectivity index (χ4n) is 2.42. The molecule has 0 bridgehead atoms. The van der Waals surface area contributed by atoms with Crippen LogP contribution >= 0.6 is 0 Å². The Morgan fingerprint density at radius 2 is 2.42 bits per heavy atom. The van der Waals surface area contributed by atoms with Gasteiger partial charge >= 0.3 is 0 Å². The van der Waals surface area contributed by atoms with Gasteiger partial charge in [0.05, 0.1) is 12.3 Å². The number of carbonyl (C=O) groups excluding carboxylic acids is 1. The molecule has 104 valence electrons. The molecule has 2 heterocycles. The molecular weight excluding hydrogens is 242 g/mol. The van der Waals surface area contributed by atoms with Crippen molar-refractivity contribution in [2.75, 3.05) is 6.61 Å². The number of aromatic nitrogens is 1. The van der Waals surface area contributed by atoms with Gasteiger partial charge in [0.15, 0.2) is 0 Å². The third kappa shape index (κ3) is 3.44. The maximum atomic E-state index is 10.8. The van der Waals surface area contributed by atoms with E-state index < -0.39 is 0 Å². The first kappa shape index (κ1) is 13.8. The zero-order chi connectivity index (χ0) is 13.8. The highest BCUT2D eigenvalue weighted by Crippen LogP contribution is 2.19. The van der Waals surface area contributed by atoms with Crippen LogP contribution in [0.5, 0.6) is 0 Å². The summed E-state index contributed by atoms with van der Waals surface area (Å²) in [7, 11) is 0. The maximum Gasteiger partial charge on any atom is 0.236 e. The highest BCUT2D eigenvalue weighted by molar-refractivity contribution is 5.83. The highest BCUT2D eigenvalue weighted by Gasteiger charge is 2.18. The lowest BCUT2D eigenvalue weighted by Gasteiger charge is -2.14. The van der Waals surface area contributed by atoms with Crippen molar-refractivity contribution in [3.05, 3.63) is 23.0 Å². The van der Waals surface area contributed by atoms with Crippen LogP contribution in [0, 0.1) is 13.8 Å². The third-order valence-electron chi connectivity index (χ3n) is 3.45. The molecule has 0 unspecified atom stereocenters. The van der Waals surface area contributed by atoms with Crippen LogP contribution in [0.4, 0.5) is 0 Å². The van der Waals surface area contributed by atoms with Crippen molar-refractivity contribution in [2.45, 2.75) is 46.3 Å². The summed E-state index contributed by atoms with van der Waals surface area (Å²) in [5.74, 6) is -0.163. The first-order chi connectivity index (χ1) is 9.08. The number of aryl methyl sites for hydroxylation is 1. The zero-order valence-electron chi connectivity index (χ0n) is 11.8. The van der Waals surface area contributed by atoms with Crippen LogP contribution in [0.2, 0.25) is 0 Å². The molecule has 2 rings (SSSR count). The molecule has 0 aromatic carbocycles. The summed E-state index contributed by atoms with van der Waals surface area (Å²) in [6.07, 6.45) is 4.30. The van der Waals surface area contributed by atoms with E-state index in [1.807, 2.05) is 0 Å². The lowest BCUT2D eigenvalue weighted by molar-refractivity contribution is -0.118. The van der Waals surface area contributed by atoms with E-state index in [0.29, 0.717) is 6.10 Å². The van der Waals surface area contributed by atoms with E-state index in [1.165, 1.54) is 12.6 Å². The van der Waals surface area contributed by atoms with Crippen LogP contribution in [-0.4, -0.2) is 29.4 Å². The Kier molecular flexibility index (Phi) is 4.37. The quantitative estimate of drug-likeness (QED) is 0.664. The molecule has 1 saturated heterocycles. The Morgan fingerprint density at radius 3 is 3.05 bits per heavy atom. The molecule has 19 heavy (non-hydrogen) atoms. The van der Waals surface area contributed by atoms with Crippen molar-refractivity contribution in [1.29, 1.82) is 0 Å². The summed E-state index contributed by atoms with van der Waals surface area (Å²) in [6, 6.07) is 2.08. The summed E-state index contributed by atoms with van der Waals surface area (Å²) >= 11 is 0. The average molecular weight is 263 g/mol. The number of amides is 1. The van der Waals surface area contributed by atoms with Crippen LogP contribution in [0.1, 0.15) is 36.7 Å². The van der Waals surface area contributed by atoms with Gasteiger partial charge in [-0.15, -0.1) is 0 Å². The lowest BCUT2D eigenvalue weighted by atomic mass is 10.2. The van der Waals surface area contributed by atoms with Crippen molar-refractivity contribution in [3.8, 4) is 0 Å². The van der Waals surface area contributed by atoms with Crippen molar-refractivity contribution in [1.82, 2.24) is 9.99 Å². The first-order valence-corrected chi connectivity index (χ1v) is 6.66. The Balaban J connectivity index is 2.09. The van der Waals surface area contributed by atoms with Gasteiger partial charge in [-0.25, -0.2) is 5.43 Å². The van der Waals surface area contributed by atoms with Gasteiger partial charge in [-0.2, -0.15) is 5.10 Å². The number of hydrogen-bond acceptors (Lipinski definition) is 3. The van der Waals surface area contributed by atoms with Crippen LogP contribution in [-0.2, 0) is 16.1 Å². The lowest BCUT2D eigenvalue weighted by Crippen LogP contribution is -2.17. The third-order valence-corrected chi connectivity index (χ3v) is 3.45. The van der Waals surface area contributed by atoms with E-state index in [4.69, 9.17) is 4.74 Å². The summed E-state index contributed by atoms with van der Waals surface area (Å²) in [5, 5.41) is 3.92. The predicted molar refractivity (Wildman–Crippen MR) is 74.3 cm³/mol. The standard InChI is InChI=1S/C14H21N3O2/c1-10-7-13(8-15-16-12(3)18)11(2)17(10)9-14-5-4-6-19-14/h7-8,14H,4-6,9H2,1-3H3,(H,16,18)/b15-8-/t14-/m1/s1. The topological polar surface area (TPSA) is 55.6 Å². The average Bonchev–Trinajstić information content (AvgIpc) is 2.93. The van der Waals surface area contributed by atoms with Gasteiger partial charge in [-0.1, -0.05) is 0 Å². The molecule has 1 aromatic rings. The normalized spacial score (nSPS) is 19.2. The van der Waals surface area contributed by atoms with Gasteiger partial charge < -0.3 is 9.30 Å². The van der Waals surface area contributed by atoms with Gasteiger partial charge in [0.25, 0.3) is 0 Å². The van der Waals surface area contributed by atoms with Crippen LogP contribution < -0.4 is 5.43 Å². The molecule has 1 N–H and O–H groups in total. The Hall–Kier alpha value is -1.62. The zero-order valence-corrected chi connectivity index (χ0v) is 11.8. The second-order valence-electron chi connectivity index (χ2n) is 5.00. The molecule has 1 atom stereocenters.